The van der Waals surface area contributed by atoms with Crippen LogP contribution in [0.25, 0.3) is 0 Å². The standard InChI is InChI=1S/C16H22BNO5/c1-15(10-11-19,8-4-5-9-16(2,18)23-17)13-7-6-12(22-13)14(20)21-3/h6-7,19H,4-5,8-9,18H2,1-3H3. The Balaban J connectivity index is 2.77. The van der Waals surface area contributed by atoms with E-state index in [2.05, 4.69) is 15.3 Å². The number of carbonyl (C=O) groups is 1. The largest absolute Gasteiger partial charge is 0.463 e. The van der Waals surface area contributed by atoms with E-state index in [-0.39, 0.29) is 5.76 Å². The third kappa shape index (κ3) is 5.34. The van der Waals surface area contributed by atoms with Gasteiger partial charge in [-0.25, -0.2) is 4.79 Å². The van der Waals surface area contributed by atoms with Crippen LogP contribution in [0, 0.1) is 12.0 Å². The lowest BCUT2D eigenvalue weighted by molar-refractivity contribution is 0.0561. The maximum Gasteiger partial charge on any atom is 0.373 e. The van der Waals surface area contributed by atoms with Gasteiger partial charge in [-0.3, -0.25) is 0 Å². The van der Waals surface area contributed by atoms with Crippen molar-refractivity contribution in [1.82, 2.24) is 0 Å². The van der Waals surface area contributed by atoms with E-state index in [1.165, 1.54) is 13.2 Å². The summed E-state index contributed by atoms with van der Waals surface area (Å²) in [4.78, 5) is 11.5. The molecule has 1 heterocycles. The molecule has 1 aromatic rings. The first-order valence-electron chi connectivity index (χ1n) is 7.29. The van der Waals surface area contributed by atoms with Gasteiger partial charge in [-0.15, -0.1) is 0 Å². The van der Waals surface area contributed by atoms with Crippen molar-refractivity contribution >= 4 is 14.0 Å². The number of aliphatic hydroxyl groups excluding tert-OH is 1. The van der Waals surface area contributed by atoms with Crippen LogP contribution in [0.15, 0.2) is 16.5 Å². The van der Waals surface area contributed by atoms with Gasteiger partial charge in [-0.1, -0.05) is 6.42 Å². The summed E-state index contributed by atoms with van der Waals surface area (Å²) in [6.45, 7) is 3.53. The Labute approximate surface area is 137 Å². The number of aliphatic hydroxyl groups is 1. The molecule has 1 aromatic heterocycles. The average molecular weight is 319 g/mol. The first kappa shape index (κ1) is 19.1. The minimum Gasteiger partial charge on any atom is -0.463 e. The molecule has 0 aliphatic rings. The molecule has 1 rings (SSSR count). The summed E-state index contributed by atoms with van der Waals surface area (Å²) in [5.41, 5.74) is 4.20. The van der Waals surface area contributed by atoms with E-state index in [0.717, 1.165) is 12.8 Å². The number of hydrogen-bond donors (Lipinski definition) is 2. The highest BCUT2D eigenvalue weighted by atomic mass is 16.5. The fraction of sp³-hybridized carbons (Fsp3) is 0.562. The Morgan fingerprint density at radius 2 is 2.04 bits per heavy atom. The molecule has 0 aliphatic heterocycles. The summed E-state index contributed by atoms with van der Waals surface area (Å²) in [5, 5.41) is 9.00. The van der Waals surface area contributed by atoms with Crippen molar-refractivity contribution in [2.24, 2.45) is 5.73 Å². The van der Waals surface area contributed by atoms with E-state index in [4.69, 9.17) is 23.3 Å². The zero-order chi connectivity index (χ0) is 17.5. The third-order valence-corrected chi connectivity index (χ3v) is 3.74. The molecule has 0 amide bonds. The van der Waals surface area contributed by atoms with Crippen LogP contribution in [0.4, 0.5) is 0 Å². The maximum atomic E-state index is 11.5. The fourth-order valence-electron chi connectivity index (χ4n) is 2.23. The summed E-state index contributed by atoms with van der Waals surface area (Å²) in [5.74, 6) is 2.76. The highest BCUT2D eigenvalue weighted by Crippen LogP contribution is 2.31. The molecule has 23 heavy (non-hydrogen) atoms. The number of hydrogen-bond acceptors (Lipinski definition) is 6. The van der Waals surface area contributed by atoms with Crippen molar-refractivity contribution in [3.8, 4) is 12.0 Å². The molecule has 2 atom stereocenters. The fourth-order valence-corrected chi connectivity index (χ4v) is 2.23. The van der Waals surface area contributed by atoms with Crippen LogP contribution in [0.2, 0.25) is 0 Å². The first-order valence-corrected chi connectivity index (χ1v) is 7.29. The number of unbranched alkanes of at least 4 members (excludes halogenated alkanes) is 1. The molecule has 2 radical (unpaired) electrons. The number of nitrogens with two attached hydrogens (primary N) is 1. The zero-order valence-corrected chi connectivity index (χ0v) is 13.7. The SMILES string of the molecule is [B]OC(C)(N)CCCCC(C)(C#CO)c1ccc(C(=O)OC)o1. The van der Waals surface area contributed by atoms with Gasteiger partial charge in [0.25, 0.3) is 8.05 Å². The molecule has 0 aliphatic carbocycles. The van der Waals surface area contributed by atoms with Gasteiger partial charge in [0.15, 0.2) is 0 Å². The van der Waals surface area contributed by atoms with Crippen LogP contribution in [-0.2, 0) is 14.8 Å². The van der Waals surface area contributed by atoms with Gasteiger partial charge in [0.05, 0.1) is 18.2 Å². The van der Waals surface area contributed by atoms with Gasteiger partial charge in [0.2, 0.25) is 5.76 Å². The molecular weight excluding hydrogens is 297 g/mol. The van der Waals surface area contributed by atoms with Crippen LogP contribution in [0.3, 0.4) is 0 Å². The van der Waals surface area contributed by atoms with Crippen LogP contribution in [0.5, 0.6) is 0 Å². The van der Waals surface area contributed by atoms with Crippen molar-refractivity contribution in [2.45, 2.75) is 50.7 Å². The molecule has 3 N–H and O–H groups in total. The summed E-state index contributed by atoms with van der Waals surface area (Å²) in [6.07, 6.45) is 4.64. The lowest BCUT2D eigenvalue weighted by Crippen LogP contribution is -2.38. The van der Waals surface area contributed by atoms with Gasteiger partial charge in [-0.2, -0.15) is 0 Å². The molecule has 0 aromatic carbocycles. The molecule has 7 heteroatoms. The Hall–Kier alpha value is -1.91. The zero-order valence-electron chi connectivity index (χ0n) is 13.7. The lowest BCUT2D eigenvalue weighted by Gasteiger charge is -2.25. The summed E-state index contributed by atoms with van der Waals surface area (Å²) < 4.78 is 14.8. The average Bonchev–Trinajstić information content (AvgIpc) is 3.02. The smallest absolute Gasteiger partial charge is 0.373 e. The molecule has 2 unspecified atom stereocenters. The molecule has 6 nitrogen and oxygen atoms in total. The highest BCUT2D eigenvalue weighted by molar-refractivity contribution is 5.98. The van der Waals surface area contributed by atoms with Crippen molar-refractivity contribution < 1.29 is 23.7 Å². The molecule has 0 saturated heterocycles. The summed E-state index contributed by atoms with van der Waals surface area (Å²) in [7, 11) is 6.40. The third-order valence-electron chi connectivity index (χ3n) is 3.74. The number of rotatable bonds is 8. The van der Waals surface area contributed by atoms with E-state index in [1.54, 1.807) is 13.0 Å². The van der Waals surface area contributed by atoms with E-state index in [1.807, 2.05) is 13.0 Å². The normalized spacial score (nSPS) is 15.8. The quantitative estimate of drug-likeness (QED) is 0.250. The highest BCUT2D eigenvalue weighted by Gasteiger charge is 2.29. The van der Waals surface area contributed by atoms with Crippen LogP contribution in [-0.4, -0.2) is 32.0 Å². The predicted molar refractivity (Wildman–Crippen MR) is 85.0 cm³/mol. The number of carbonyl (C=O) groups excluding carboxylic acids is 1. The Bertz CT molecular complexity index is 587. The Kier molecular flexibility index (Phi) is 6.73. The Morgan fingerprint density at radius 3 is 2.61 bits per heavy atom. The predicted octanol–water partition coefficient (Wildman–Crippen LogP) is 1.99. The summed E-state index contributed by atoms with van der Waals surface area (Å²) in [6, 6.07) is 3.18. The molecule has 0 bridgehead atoms. The van der Waals surface area contributed by atoms with Gasteiger partial charge in [-0.05, 0) is 51.2 Å². The number of methoxy groups -OCH3 is 1. The Morgan fingerprint density at radius 1 is 1.39 bits per heavy atom. The molecule has 0 spiro atoms. The van der Waals surface area contributed by atoms with E-state index >= 15 is 0 Å². The van der Waals surface area contributed by atoms with Crippen molar-refractivity contribution in [1.29, 1.82) is 0 Å². The molecular formula is C16H22BNO5. The van der Waals surface area contributed by atoms with Crippen molar-refractivity contribution in [3.05, 3.63) is 23.7 Å². The van der Waals surface area contributed by atoms with Gasteiger partial charge in [0, 0.05) is 0 Å². The van der Waals surface area contributed by atoms with Crippen LogP contribution < -0.4 is 5.73 Å². The second-order valence-corrected chi connectivity index (χ2v) is 5.86. The van der Waals surface area contributed by atoms with Gasteiger partial charge >= 0.3 is 5.97 Å². The topological polar surface area (TPSA) is 94.9 Å². The maximum absolute atomic E-state index is 11.5. The van der Waals surface area contributed by atoms with Crippen molar-refractivity contribution in [3.63, 3.8) is 0 Å². The van der Waals surface area contributed by atoms with Crippen LogP contribution in [0.1, 0.15) is 55.8 Å². The molecule has 0 fully saturated rings. The number of furan rings is 1. The first-order chi connectivity index (χ1) is 10.8. The second kappa shape index (κ2) is 8.09. The monoisotopic (exact) mass is 319 g/mol. The summed E-state index contributed by atoms with van der Waals surface area (Å²) >= 11 is 0. The minimum absolute atomic E-state index is 0.0968. The number of esters is 1. The molecule has 124 valence electrons. The van der Waals surface area contributed by atoms with E-state index in [0.29, 0.717) is 18.6 Å². The van der Waals surface area contributed by atoms with Gasteiger partial charge in [0.1, 0.15) is 11.9 Å². The number of ether oxygens (including phenoxy) is 1. The molecule has 0 saturated carbocycles. The lowest BCUT2D eigenvalue weighted by atomic mass is 9.83. The second-order valence-electron chi connectivity index (χ2n) is 5.86. The van der Waals surface area contributed by atoms with E-state index < -0.39 is 17.1 Å². The van der Waals surface area contributed by atoms with Gasteiger partial charge < -0.3 is 24.6 Å². The minimum atomic E-state index is -0.873. The van der Waals surface area contributed by atoms with Crippen molar-refractivity contribution in [2.75, 3.05) is 7.11 Å². The van der Waals surface area contributed by atoms with E-state index in [9.17, 15) is 4.79 Å². The van der Waals surface area contributed by atoms with Crippen LogP contribution >= 0.6 is 0 Å².